The topological polar surface area (TPSA) is 55.8 Å². The minimum Gasteiger partial charge on any atom is -0.476 e. The smallest absolute Gasteiger partial charge is 0.350 e. The number of nitrogens with zero attached hydrogens (tertiary/aromatic N) is 1. The first kappa shape index (κ1) is 28.9. The summed E-state index contributed by atoms with van der Waals surface area (Å²) in [6.45, 7) is 11.2. The predicted molar refractivity (Wildman–Crippen MR) is 157 cm³/mol. The maximum atomic E-state index is 13.8. The van der Waals surface area contributed by atoms with Gasteiger partial charge in [-0.2, -0.15) is 0 Å². The Morgan fingerprint density at radius 3 is 2.23 bits per heavy atom. The highest BCUT2D eigenvalue weighted by Crippen LogP contribution is 2.37. The zero-order chi connectivity index (χ0) is 28.2. The molecule has 0 N–H and O–H groups in total. The molecule has 3 aromatic carbocycles. The van der Waals surface area contributed by atoms with E-state index in [0.717, 1.165) is 29.1 Å². The molecule has 39 heavy (non-hydrogen) atoms. The highest BCUT2D eigenvalue weighted by molar-refractivity contribution is 7.98. The molecule has 0 aromatic heterocycles. The maximum Gasteiger partial charge on any atom is 0.350 e. The SMILES string of the molecule is CSc1ccc(C(=O)C2CN(Cc3ccccc3)C[C@@H]2c2cccc(OC(C)(C)C(=O)OC(C)(C)C)c2)cc1. The van der Waals surface area contributed by atoms with E-state index >= 15 is 0 Å². The van der Waals surface area contributed by atoms with Crippen LogP contribution in [-0.2, 0) is 16.1 Å². The van der Waals surface area contributed by atoms with Gasteiger partial charge in [-0.15, -0.1) is 11.8 Å². The number of rotatable bonds is 9. The van der Waals surface area contributed by atoms with Crippen LogP contribution >= 0.6 is 11.8 Å². The number of benzene rings is 3. The van der Waals surface area contributed by atoms with E-state index in [-0.39, 0.29) is 17.6 Å². The molecule has 0 bridgehead atoms. The minimum atomic E-state index is -1.16. The summed E-state index contributed by atoms with van der Waals surface area (Å²) in [5.74, 6) is 0.124. The molecule has 1 aliphatic rings. The molecule has 206 valence electrons. The summed E-state index contributed by atoms with van der Waals surface area (Å²) in [5.41, 5.74) is 1.23. The Bertz CT molecular complexity index is 1280. The molecular formula is C33H39NO4S. The molecule has 0 amide bonds. The van der Waals surface area contributed by atoms with Crippen LogP contribution in [0.4, 0.5) is 0 Å². The Morgan fingerprint density at radius 1 is 0.897 bits per heavy atom. The Labute approximate surface area is 236 Å². The summed E-state index contributed by atoms with van der Waals surface area (Å²) < 4.78 is 11.7. The molecule has 6 heteroatoms. The van der Waals surface area contributed by atoms with Crippen molar-refractivity contribution in [3.8, 4) is 5.75 Å². The van der Waals surface area contributed by atoms with E-state index in [4.69, 9.17) is 9.47 Å². The quantitative estimate of drug-likeness (QED) is 0.164. The van der Waals surface area contributed by atoms with Gasteiger partial charge in [0.1, 0.15) is 11.4 Å². The summed E-state index contributed by atoms with van der Waals surface area (Å²) in [6, 6.07) is 26.1. The maximum absolute atomic E-state index is 13.8. The van der Waals surface area contributed by atoms with E-state index in [2.05, 4.69) is 23.1 Å². The van der Waals surface area contributed by atoms with E-state index in [1.165, 1.54) is 5.56 Å². The summed E-state index contributed by atoms with van der Waals surface area (Å²) in [6.07, 6.45) is 2.03. The first-order valence-electron chi connectivity index (χ1n) is 13.4. The van der Waals surface area contributed by atoms with Crippen molar-refractivity contribution < 1.29 is 19.1 Å². The van der Waals surface area contributed by atoms with Crippen molar-refractivity contribution in [3.05, 3.63) is 95.6 Å². The van der Waals surface area contributed by atoms with Crippen LogP contribution in [0.3, 0.4) is 0 Å². The van der Waals surface area contributed by atoms with E-state index in [0.29, 0.717) is 12.3 Å². The van der Waals surface area contributed by atoms with Crippen LogP contribution in [0.25, 0.3) is 0 Å². The van der Waals surface area contributed by atoms with Gasteiger partial charge >= 0.3 is 5.97 Å². The Kier molecular flexibility index (Phi) is 8.87. The van der Waals surface area contributed by atoms with Gasteiger partial charge in [-0.25, -0.2) is 4.79 Å². The van der Waals surface area contributed by atoms with Gasteiger partial charge in [-0.3, -0.25) is 9.69 Å². The van der Waals surface area contributed by atoms with Crippen LogP contribution in [0, 0.1) is 5.92 Å². The molecule has 0 aliphatic carbocycles. The van der Waals surface area contributed by atoms with Crippen LogP contribution in [0.15, 0.2) is 83.8 Å². The number of likely N-dealkylation sites (tertiary alicyclic amines) is 1. The van der Waals surface area contributed by atoms with Crippen molar-refractivity contribution in [3.63, 3.8) is 0 Å². The third-order valence-electron chi connectivity index (χ3n) is 6.91. The van der Waals surface area contributed by atoms with Crippen molar-refractivity contribution in [2.45, 2.75) is 63.2 Å². The van der Waals surface area contributed by atoms with Crippen molar-refractivity contribution in [1.29, 1.82) is 0 Å². The molecule has 1 saturated heterocycles. The van der Waals surface area contributed by atoms with Crippen LogP contribution in [0.1, 0.15) is 62.0 Å². The van der Waals surface area contributed by atoms with Crippen molar-refractivity contribution in [2.75, 3.05) is 19.3 Å². The van der Waals surface area contributed by atoms with Gasteiger partial charge in [0.25, 0.3) is 0 Å². The normalized spacial score (nSPS) is 18.1. The first-order valence-corrected chi connectivity index (χ1v) is 14.6. The first-order chi connectivity index (χ1) is 18.4. The fraction of sp³-hybridized carbons (Fsp3) is 0.394. The van der Waals surface area contributed by atoms with Crippen LogP contribution in [0.5, 0.6) is 5.75 Å². The van der Waals surface area contributed by atoms with Gasteiger partial charge in [0.05, 0.1) is 0 Å². The lowest BCUT2D eigenvalue weighted by molar-refractivity contribution is -0.170. The lowest BCUT2D eigenvalue weighted by Gasteiger charge is -2.29. The molecule has 1 unspecified atom stereocenters. The molecule has 4 rings (SSSR count). The molecule has 5 nitrogen and oxygen atoms in total. The third kappa shape index (κ3) is 7.52. The second-order valence-electron chi connectivity index (χ2n) is 11.7. The summed E-state index contributed by atoms with van der Waals surface area (Å²) in [4.78, 5) is 30.1. The highest BCUT2D eigenvalue weighted by Gasteiger charge is 2.39. The Morgan fingerprint density at radius 2 is 1.59 bits per heavy atom. The number of carbonyl (C=O) groups excluding carboxylic acids is 2. The number of Topliss-reactive ketones (excluding diaryl/α,β-unsaturated/α-hetero) is 1. The Hall–Kier alpha value is -3.09. The zero-order valence-corrected chi connectivity index (χ0v) is 24.6. The molecule has 0 spiro atoms. The number of carbonyl (C=O) groups is 2. The molecular weight excluding hydrogens is 506 g/mol. The number of hydrogen-bond acceptors (Lipinski definition) is 6. The molecule has 1 fully saturated rings. The standard InChI is InChI=1S/C33H39NO4S/c1-32(2,3)38-31(36)33(4,5)37-26-14-10-13-25(19-26)28-21-34(20-23-11-8-7-9-12-23)22-29(28)30(35)24-15-17-27(39-6)18-16-24/h7-19,28-29H,20-22H2,1-6H3/t28-,29?/m1/s1. The predicted octanol–water partition coefficient (Wildman–Crippen LogP) is 7.01. The van der Waals surface area contributed by atoms with Crippen molar-refractivity contribution >= 4 is 23.5 Å². The lowest BCUT2D eigenvalue weighted by Crippen LogP contribution is -2.43. The van der Waals surface area contributed by atoms with Gasteiger partial charge in [0, 0.05) is 41.9 Å². The van der Waals surface area contributed by atoms with Gasteiger partial charge in [-0.1, -0.05) is 54.6 Å². The third-order valence-corrected chi connectivity index (χ3v) is 7.65. The second-order valence-corrected chi connectivity index (χ2v) is 12.6. The zero-order valence-electron chi connectivity index (χ0n) is 23.8. The molecule has 0 saturated carbocycles. The van der Waals surface area contributed by atoms with E-state index in [9.17, 15) is 9.59 Å². The van der Waals surface area contributed by atoms with E-state index < -0.39 is 17.2 Å². The molecule has 1 aliphatic heterocycles. The van der Waals surface area contributed by atoms with Crippen molar-refractivity contribution in [1.82, 2.24) is 4.90 Å². The molecule has 2 atom stereocenters. The average Bonchev–Trinajstić information content (AvgIpc) is 3.31. The monoisotopic (exact) mass is 545 g/mol. The fourth-order valence-corrected chi connectivity index (χ4v) is 5.38. The van der Waals surface area contributed by atoms with Gasteiger partial charge in [0.2, 0.25) is 0 Å². The van der Waals surface area contributed by atoms with Crippen LogP contribution in [0.2, 0.25) is 0 Å². The van der Waals surface area contributed by atoms with E-state index in [1.807, 2.05) is 87.7 Å². The average molecular weight is 546 g/mol. The lowest BCUT2D eigenvalue weighted by atomic mass is 9.84. The fourth-order valence-electron chi connectivity index (χ4n) is 4.97. The van der Waals surface area contributed by atoms with Gasteiger partial charge < -0.3 is 9.47 Å². The van der Waals surface area contributed by atoms with Crippen molar-refractivity contribution in [2.24, 2.45) is 5.92 Å². The van der Waals surface area contributed by atoms with Gasteiger partial charge in [-0.05, 0) is 76.3 Å². The number of thioether (sulfide) groups is 1. The highest BCUT2D eigenvalue weighted by atomic mass is 32.2. The van der Waals surface area contributed by atoms with Crippen LogP contribution < -0.4 is 4.74 Å². The molecule has 1 heterocycles. The number of ketones is 1. The number of esters is 1. The largest absolute Gasteiger partial charge is 0.476 e. The van der Waals surface area contributed by atoms with Gasteiger partial charge in [0.15, 0.2) is 11.4 Å². The van der Waals surface area contributed by atoms with Crippen LogP contribution in [-0.4, -0.2) is 47.2 Å². The summed E-state index contributed by atoms with van der Waals surface area (Å²) in [7, 11) is 0. The minimum absolute atomic E-state index is 0.00497. The molecule has 0 radical (unpaired) electrons. The number of hydrogen-bond donors (Lipinski definition) is 0. The molecule has 3 aromatic rings. The van der Waals surface area contributed by atoms with E-state index in [1.54, 1.807) is 25.6 Å². The number of ether oxygens (including phenoxy) is 2. The summed E-state index contributed by atoms with van der Waals surface area (Å²) in [5, 5.41) is 0. The Balaban J connectivity index is 1.60. The second kappa shape index (κ2) is 12.0. The summed E-state index contributed by atoms with van der Waals surface area (Å²) >= 11 is 1.66.